The van der Waals surface area contributed by atoms with Gasteiger partial charge in [-0.1, -0.05) is 263 Å². The zero-order valence-electron chi connectivity index (χ0n) is 87.7. The van der Waals surface area contributed by atoms with Gasteiger partial charge in [0.05, 0.1) is 40.7 Å². The Bertz CT molecular complexity index is 6990. The summed E-state index contributed by atoms with van der Waals surface area (Å²) in [6.07, 6.45) is 10.7. The normalized spacial score (nSPS) is 10.9. The first-order chi connectivity index (χ1) is 71.7. The summed E-state index contributed by atoms with van der Waals surface area (Å²) in [5, 5.41) is 21.4. The van der Waals surface area contributed by atoms with Crippen LogP contribution in [0.2, 0.25) is 0 Å². The van der Waals surface area contributed by atoms with Crippen molar-refractivity contribution in [3.05, 3.63) is 386 Å². The Balaban J connectivity index is 0.000000148. The van der Waals surface area contributed by atoms with E-state index in [1.807, 2.05) is 133 Å². The molecule has 0 saturated carbocycles. The molecule has 0 aliphatic rings. The molecule has 18 aromatic rings. The Morgan fingerprint density at radius 3 is 0.892 bits per heavy atom. The van der Waals surface area contributed by atoms with Crippen LogP contribution in [0, 0.1) is 83.1 Å². The predicted octanol–water partition coefficient (Wildman–Crippen LogP) is 25.6. The zero-order valence-corrected chi connectivity index (χ0v) is 87.7. The van der Waals surface area contributed by atoms with Gasteiger partial charge in [0.2, 0.25) is 35.7 Å². The maximum atomic E-state index is 5.96. The molecular formula is C122H141N25O. The number of nitrogen functional groups attached to an aromatic ring is 6. The third-order valence-corrected chi connectivity index (χ3v) is 26.2. The Morgan fingerprint density at radius 1 is 0.277 bits per heavy atom. The van der Waals surface area contributed by atoms with Gasteiger partial charge < -0.3 is 76.0 Å². The summed E-state index contributed by atoms with van der Waals surface area (Å²) in [7, 11) is 0. The second-order valence-corrected chi connectivity index (χ2v) is 36.9. The second-order valence-electron chi connectivity index (χ2n) is 36.9. The third kappa shape index (κ3) is 31.9. The fourth-order valence-corrected chi connectivity index (χ4v) is 16.9. The van der Waals surface area contributed by atoms with Gasteiger partial charge in [0.25, 0.3) is 0 Å². The standard InChI is InChI=1S/C22H23N5.3C21H24N4.C20H22N4O.C17H24N4/c1-14-6-5-8-17(15(14)2)20-12-21(27-22(23)26-20)24-11-10-16-13-25-19-9-4-3-7-18(16)19;1-14-8-7-11-18(16(14)3)19-12-20(25-21(22)24-19)23-13-15(2)17-9-5-4-6-10-17;2*1-15-8-6-12-18(16(15)2)19-14-20(25-21(22)24-19)23-13-7-11-17-9-4-3-5-10-17;1-14-7-6-10-17(15(14)2)18-13-19(24-20(21)23-18)22-11-12-25-16-8-4-3-5-9-16;1-4-5-6-10-19-16-11-15(20-17(18)21-16)14-9-7-8-12(2)13(14)3/h3-9,12-13,25H,10-11H2,1-2H3,(H3,23,24,26,27);4-12,15H,13H2,1-3H3,(H3,22,23,24,25);2*3-6,8-10,12,14H,7,11,13H2,1-2H3,(H3,22,23,24,25);3-10,13H,11-12H2,1-2H3,(H3,21,22,23,24);7-9,11H,4-6,10H2,1-3H3,(H3,18,19,20,21). The molecule has 148 heavy (non-hydrogen) atoms. The number of anilines is 12. The quantitative estimate of drug-likeness (QED) is 0.0167. The van der Waals surface area contributed by atoms with Crippen LogP contribution in [0.25, 0.3) is 78.4 Å². The van der Waals surface area contributed by atoms with Crippen molar-refractivity contribution in [1.82, 2.24) is 64.8 Å². The van der Waals surface area contributed by atoms with E-state index in [2.05, 4.69) is 358 Å². The summed E-state index contributed by atoms with van der Waals surface area (Å²) in [4.78, 5) is 55.5. The molecule has 0 radical (unpaired) electrons. The Kier molecular flexibility index (Phi) is 39.8. The number of rotatable bonds is 34. The number of fused-ring (bicyclic) bond motifs is 1. The van der Waals surface area contributed by atoms with Crippen LogP contribution < -0.4 is 71.0 Å². The first kappa shape index (κ1) is 108. The van der Waals surface area contributed by atoms with Gasteiger partial charge in [-0.25, -0.2) is 29.9 Å². The Morgan fingerprint density at radius 2 is 0.561 bits per heavy atom. The van der Waals surface area contributed by atoms with E-state index in [4.69, 9.17) is 39.1 Å². The van der Waals surface area contributed by atoms with Crippen LogP contribution in [0.1, 0.15) is 141 Å². The van der Waals surface area contributed by atoms with Crippen molar-refractivity contribution < 1.29 is 4.74 Å². The molecule has 7 aromatic heterocycles. The van der Waals surface area contributed by atoms with Crippen molar-refractivity contribution in [2.75, 3.05) is 112 Å². The number of aromatic nitrogens is 13. The molecule has 19 N–H and O–H groups in total. The zero-order chi connectivity index (χ0) is 105. The number of para-hydroxylation sites is 2. The largest absolute Gasteiger partial charge is 0.492 e. The number of hydrogen-bond acceptors (Lipinski definition) is 25. The van der Waals surface area contributed by atoms with Gasteiger partial charge in [-0.05, 0) is 235 Å². The number of aromatic amines is 1. The minimum Gasteiger partial charge on any atom is -0.492 e. The van der Waals surface area contributed by atoms with Gasteiger partial charge in [0.15, 0.2) is 0 Å². The van der Waals surface area contributed by atoms with E-state index in [0.717, 1.165) is 179 Å². The molecule has 0 saturated heterocycles. The third-order valence-electron chi connectivity index (χ3n) is 26.2. The minimum atomic E-state index is 0.255. The van der Waals surface area contributed by atoms with E-state index in [-0.39, 0.29) is 17.8 Å². The van der Waals surface area contributed by atoms with Crippen LogP contribution in [-0.4, -0.2) is 111 Å². The average molecular weight is 1970 g/mol. The smallest absolute Gasteiger partial charge is 0.222 e. The molecule has 760 valence electrons. The highest BCUT2D eigenvalue weighted by Gasteiger charge is 2.18. The summed E-state index contributed by atoms with van der Waals surface area (Å²) in [6, 6.07) is 98.5. The molecule has 0 aliphatic heterocycles. The van der Waals surface area contributed by atoms with E-state index in [9.17, 15) is 0 Å². The van der Waals surface area contributed by atoms with E-state index in [1.54, 1.807) is 0 Å². The van der Waals surface area contributed by atoms with Crippen LogP contribution in [0.15, 0.2) is 297 Å². The van der Waals surface area contributed by atoms with Crippen molar-refractivity contribution in [2.45, 2.75) is 154 Å². The molecule has 0 amide bonds. The predicted molar refractivity (Wildman–Crippen MR) is 617 cm³/mol. The summed E-state index contributed by atoms with van der Waals surface area (Å²) < 4.78 is 5.67. The van der Waals surface area contributed by atoms with E-state index < -0.39 is 0 Å². The molecule has 0 aliphatic carbocycles. The SMILES string of the molecule is CCCCCNc1cc(-c2cccc(C)c2C)nc(N)n1.Cc1cccc(-c2cc(NCC(C)c3ccccc3)nc(N)n2)c1C.Cc1cccc(-c2cc(NCCCc3ccccc3)nc(N)n2)c1C.Cc1cccc(-c2cc(NCCCc3ccccc3)nc(N)n2)c1C.Cc1cccc(-c2cc(NCCOc3ccccc3)nc(N)n2)c1C.Cc1cccc(-c2cc(NCCc3c[nH]c4ccccc34)nc(N)n2)c1C. The number of H-pyrrole nitrogens is 1. The molecule has 0 bridgehead atoms. The maximum absolute atomic E-state index is 5.96. The van der Waals surface area contributed by atoms with Gasteiger partial charge in [-0.15, -0.1) is 0 Å². The molecule has 7 heterocycles. The van der Waals surface area contributed by atoms with Crippen molar-refractivity contribution in [1.29, 1.82) is 0 Å². The highest BCUT2D eigenvalue weighted by molar-refractivity contribution is 5.83. The maximum Gasteiger partial charge on any atom is 0.222 e. The number of aryl methyl sites for hydroxylation is 8. The van der Waals surface area contributed by atoms with Crippen molar-refractivity contribution >= 4 is 81.5 Å². The molecule has 1 unspecified atom stereocenters. The van der Waals surface area contributed by atoms with Gasteiger partial charge >= 0.3 is 0 Å². The number of ether oxygens (including phenoxy) is 1. The first-order valence-corrected chi connectivity index (χ1v) is 50.7. The Labute approximate surface area is 871 Å². The van der Waals surface area contributed by atoms with E-state index >= 15 is 0 Å². The number of hydrogen-bond donors (Lipinski definition) is 13. The molecule has 0 fully saturated rings. The highest BCUT2D eigenvalue weighted by Crippen LogP contribution is 2.35. The lowest BCUT2D eigenvalue weighted by molar-refractivity contribution is 0.333. The fraction of sp³-hybridized carbons (Fsp3) is 0.246. The number of nitrogens with zero attached hydrogens (tertiary/aromatic N) is 12. The van der Waals surface area contributed by atoms with Crippen LogP contribution in [-0.2, 0) is 19.3 Å². The number of unbranched alkanes of at least 4 members (excludes halogenated alkanes) is 2. The van der Waals surface area contributed by atoms with Crippen LogP contribution in [0.4, 0.5) is 70.6 Å². The van der Waals surface area contributed by atoms with Gasteiger partial charge in [-0.2, -0.15) is 29.9 Å². The van der Waals surface area contributed by atoms with E-state index in [0.29, 0.717) is 42.7 Å². The van der Waals surface area contributed by atoms with Crippen LogP contribution in [0.5, 0.6) is 5.75 Å². The molecular weight excluding hydrogens is 1830 g/mol. The summed E-state index contributed by atoms with van der Waals surface area (Å²) in [6.45, 7) is 34.9. The lowest BCUT2D eigenvalue weighted by Crippen LogP contribution is -2.13. The molecule has 0 spiro atoms. The van der Waals surface area contributed by atoms with Crippen molar-refractivity contribution in [3.8, 4) is 73.3 Å². The average Bonchev–Trinajstić information content (AvgIpc) is 1.68. The molecule has 18 rings (SSSR count). The molecule has 26 nitrogen and oxygen atoms in total. The van der Waals surface area contributed by atoms with Gasteiger partial charge in [-0.3, -0.25) is 0 Å². The highest BCUT2D eigenvalue weighted by atomic mass is 16.5. The summed E-state index contributed by atoms with van der Waals surface area (Å²) in [5.41, 5.74) is 68.3. The molecule has 11 aromatic carbocycles. The lowest BCUT2D eigenvalue weighted by atomic mass is 10.0. The van der Waals surface area contributed by atoms with Gasteiger partial charge in [0.1, 0.15) is 47.3 Å². The molecule has 26 heteroatoms. The summed E-state index contributed by atoms with van der Waals surface area (Å²) >= 11 is 0. The lowest BCUT2D eigenvalue weighted by Gasteiger charge is -2.15. The van der Waals surface area contributed by atoms with E-state index in [1.165, 1.54) is 107 Å². The Hall–Kier alpha value is -17.2. The number of nitrogens with two attached hydrogens (primary N) is 6. The second kappa shape index (κ2) is 54.5. The summed E-state index contributed by atoms with van der Waals surface area (Å²) in [5.74, 6) is 7.50. The minimum absolute atomic E-state index is 0.255. The number of nitrogens with one attached hydrogen (secondary N) is 7. The monoisotopic (exact) mass is 1970 g/mol. The van der Waals surface area contributed by atoms with Crippen LogP contribution in [0.3, 0.4) is 0 Å². The van der Waals surface area contributed by atoms with Crippen molar-refractivity contribution in [3.63, 3.8) is 0 Å². The topological polar surface area (TPSA) is 408 Å². The first-order valence-electron chi connectivity index (χ1n) is 50.7. The van der Waals surface area contributed by atoms with Gasteiger partial charge in [0, 0.05) is 120 Å². The van der Waals surface area contributed by atoms with Crippen LogP contribution >= 0.6 is 0 Å². The fourth-order valence-electron chi connectivity index (χ4n) is 16.9. The van der Waals surface area contributed by atoms with Crippen molar-refractivity contribution in [2.24, 2.45) is 0 Å². The molecule has 1 atom stereocenters. The number of benzene rings is 11.